The molecule has 1 heterocycles. The summed E-state index contributed by atoms with van der Waals surface area (Å²) in [5.41, 5.74) is -0.0970. The molecule has 1 atom stereocenters. The van der Waals surface area contributed by atoms with E-state index in [1.165, 1.54) is 6.07 Å². The maximum absolute atomic E-state index is 11.6. The molecule has 0 saturated heterocycles. The van der Waals surface area contributed by atoms with Crippen molar-refractivity contribution in [2.75, 3.05) is 13.7 Å². The first kappa shape index (κ1) is 17.0. The summed E-state index contributed by atoms with van der Waals surface area (Å²) in [5.74, 6) is 0.470. The molecule has 1 aromatic heterocycles. The topological polar surface area (TPSA) is 81.8 Å². The first-order chi connectivity index (χ1) is 11.0. The number of aliphatic hydroxyl groups is 1. The van der Waals surface area contributed by atoms with Gasteiger partial charge in [-0.15, -0.1) is 0 Å². The Kier molecular flexibility index (Phi) is 5.39. The van der Waals surface area contributed by atoms with Gasteiger partial charge in [-0.25, -0.2) is 4.79 Å². The van der Waals surface area contributed by atoms with E-state index in [1.807, 2.05) is 24.3 Å². The minimum absolute atomic E-state index is 0.0616. The molecule has 0 bridgehead atoms. The Morgan fingerprint density at radius 1 is 1.35 bits per heavy atom. The fourth-order valence-electron chi connectivity index (χ4n) is 2.13. The Bertz CT molecular complexity index is 645. The summed E-state index contributed by atoms with van der Waals surface area (Å²) in [7, 11) is 1.62. The van der Waals surface area contributed by atoms with Crippen LogP contribution in [-0.2, 0) is 16.8 Å². The highest BCUT2D eigenvalue weighted by atomic mass is 16.5. The Morgan fingerprint density at radius 3 is 2.65 bits per heavy atom. The number of benzene rings is 1. The lowest BCUT2D eigenvalue weighted by atomic mass is 9.94. The molecule has 23 heavy (non-hydrogen) atoms. The van der Waals surface area contributed by atoms with Crippen LogP contribution >= 0.6 is 0 Å². The summed E-state index contributed by atoms with van der Waals surface area (Å²) in [6.45, 7) is 3.60. The Hall–Kier alpha value is -2.34. The standard InChI is InChI=1S/C17H21NO5/c1-4-22-16(19)14-11-15(23-18-14)17(2,20)10-9-12-5-7-13(21-3)8-6-12/h5-8,11,20H,4,9-10H2,1-3H3/t17-/m1/s1. The van der Waals surface area contributed by atoms with Crippen molar-refractivity contribution in [2.45, 2.75) is 32.3 Å². The van der Waals surface area contributed by atoms with Crippen LogP contribution in [0, 0.1) is 0 Å². The molecule has 1 aromatic carbocycles. The Morgan fingerprint density at radius 2 is 2.04 bits per heavy atom. The number of rotatable bonds is 7. The summed E-state index contributed by atoms with van der Waals surface area (Å²) in [4.78, 5) is 11.6. The van der Waals surface area contributed by atoms with Crippen molar-refractivity contribution in [2.24, 2.45) is 0 Å². The second-order valence-corrected chi connectivity index (χ2v) is 5.42. The molecule has 124 valence electrons. The van der Waals surface area contributed by atoms with Crippen molar-refractivity contribution in [1.29, 1.82) is 0 Å². The second-order valence-electron chi connectivity index (χ2n) is 5.42. The summed E-state index contributed by atoms with van der Waals surface area (Å²) >= 11 is 0. The fraction of sp³-hybridized carbons (Fsp3) is 0.412. The third-order valence-corrected chi connectivity index (χ3v) is 3.59. The number of carbonyl (C=O) groups is 1. The number of hydrogen-bond acceptors (Lipinski definition) is 6. The van der Waals surface area contributed by atoms with E-state index < -0.39 is 11.6 Å². The van der Waals surface area contributed by atoms with Gasteiger partial charge in [0, 0.05) is 6.07 Å². The number of esters is 1. The lowest BCUT2D eigenvalue weighted by Gasteiger charge is -2.19. The van der Waals surface area contributed by atoms with Gasteiger partial charge in [0.05, 0.1) is 13.7 Å². The van der Waals surface area contributed by atoms with Crippen molar-refractivity contribution in [1.82, 2.24) is 5.16 Å². The largest absolute Gasteiger partial charge is 0.497 e. The molecule has 0 amide bonds. The molecule has 0 unspecified atom stereocenters. The van der Waals surface area contributed by atoms with Crippen LogP contribution in [0.15, 0.2) is 34.9 Å². The van der Waals surface area contributed by atoms with Gasteiger partial charge in [0.15, 0.2) is 11.5 Å². The maximum atomic E-state index is 11.6. The van der Waals surface area contributed by atoms with Crippen molar-refractivity contribution in [3.8, 4) is 5.75 Å². The zero-order valence-electron chi connectivity index (χ0n) is 13.5. The highest BCUT2D eigenvalue weighted by Gasteiger charge is 2.29. The first-order valence-corrected chi connectivity index (χ1v) is 7.46. The van der Waals surface area contributed by atoms with Gasteiger partial charge in [0.2, 0.25) is 0 Å². The molecule has 2 rings (SSSR count). The molecule has 0 saturated carbocycles. The number of ether oxygens (including phenoxy) is 2. The van der Waals surface area contributed by atoms with Crippen LogP contribution in [0.25, 0.3) is 0 Å². The summed E-state index contributed by atoms with van der Waals surface area (Å²) < 4.78 is 15.1. The third-order valence-electron chi connectivity index (χ3n) is 3.59. The van der Waals surface area contributed by atoms with Crippen LogP contribution in [-0.4, -0.2) is 29.9 Å². The molecular weight excluding hydrogens is 298 g/mol. The summed E-state index contributed by atoms with van der Waals surface area (Å²) in [6.07, 6.45) is 1.07. The molecule has 0 spiro atoms. The van der Waals surface area contributed by atoms with Gasteiger partial charge in [-0.1, -0.05) is 17.3 Å². The van der Waals surface area contributed by atoms with Gasteiger partial charge in [-0.05, 0) is 44.4 Å². The zero-order chi connectivity index (χ0) is 16.9. The SMILES string of the molecule is CCOC(=O)c1cc([C@](C)(O)CCc2ccc(OC)cc2)on1. The van der Waals surface area contributed by atoms with E-state index >= 15 is 0 Å². The van der Waals surface area contributed by atoms with Crippen molar-refractivity contribution >= 4 is 5.97 Å². The second kappa shape index (κ2) is 7.28. The summed E-state index contributed by atoms with van der Waals surface area (Å²) in [6, 6.07) is 9.05. The minimum Gasteiger partial charge on any atom is -0.497 e. The molecule has 0 aliphatic heterocycles. The van der Waals surface area contributed by atoms with Gasteiger partial charge < -0.3 is 19.1 Å². The number of aryl methyl sites for hydroxylation is 1. The number of methoxy groups -OCH3 is 1. The van der Waals surface area contributed by atoms with Crippen LogP contribution in [0.3, 0.4) is 0 Å². The number of carbonyl (C=O) groups excluding carboxylic acids is 1. The first-order valence-electron chi connectivity index (χ1n) is 7.46. The number of aromatic nitrogens is 1. The van der Waals surface area contributed by atoms with Crippen molar-refractivity contribution in [3.63, 3.8) is 0 Å². The monoisotopic (exact) mass is 319 g/mol. The average molecular weight is 319 g/mol. The number of nitrogens with zero attached hydrogens (tertiary/aromatic N) is 1. The Balaban J connectivity index is 2.01. The van der Waals surface area contributed by atoms with Gasteiger partial charge in [0.1, 0.15) is 11.4 Å². The van der Waals surface area contributed by atoms with Gasteiger partial charge in [0.25, 0.3) is 0 Å². The highest BCUT2D eigenvalue weighted by molar-refractivity contribution is 5.87. The van der Waals surface area contributed by atoms with Crippen LogP contribution in [0.1, 0.15) is 42.1 Å². The maximum Gasteiger partial charge on any atom is 0.360 e. The molecular formula is C17H21NO5. The van der Waals surface area contributed by atoms with Crippen molar-refractivity contribution < 1.29 is 23.9 Å². The molecule has 6 heteroatoms. The van der Waals surface area contributed by atoms with Crippen LogP contribution in [0.5, 0.6) is 5.75 Å². The average Bonchev–Trinajstić information content (AvgIpc) is 3.05. The van der Waals surface area contributed by atoms with E-state index in [0.29, 0.717) is 12.8 Å². The number of hydrogen-bond donors (Lipinski definition) is 1. The molecule has 1 N–H and O–H groups in total. The van der Waals surface area contributed by atoms with E-state index in [9.17, 15) is 9.90 Å². The zero-order valence-corrected chi connectivity index (χ0v) is 13.5. The van der Waals surface area contributed by atoms with Crippen LogP contribution < -0.4 is 4.74 Å². The van der Waals surface area contributed by atoms with Gasteiger partial charge in [-0.3, -0.25) is 0 Å². The van der Waals surface area contributed by atoms with E-state index in [2.05, 4.69) is 5.16 Å². The highest BCUT2D eigenvalue weighted by Crippen LogP contribution is 2.27. The van der Waals surface area contributed by atoms with E-state index in [1.54, 1.807) is 21.0 Å². The van der Waals surface area contributed by atoms with Crippen molar-refractivity contribution in [3.05, 3.63) is 47.3 Å². The third kappa shape index (κ3) is 4.32. The quantitative estimate of drug-likeness (QED) is 0.790. The lowest BCUT2D eigenvalue weighted by molar-refractivity contribution is 0.0197. The Labute approximate surface area is 135 Å². The molecule has 0 aliphatic carbocycles. The molecule has 0 radical (unpaired) electrons. The van der Waals surface area contributed by atoms with Crippen LogP contribution in [0.2, 0.25) is 0 Å². The van der Waals surface area contributed by atoms with E-state index in [0.717, 1.165) is 11.3 Å². The normalized spacial score (nSPS) is 13.4. The fourth-order valence-corrected chi connectivity index (χ4v) is 2.13. The molecule has 0 fully saturated rings. The predicted molar refractivity (Wildman–Crippen MR) is 83.3 cm³/mol. The lowest BCUT2D eigenvalue weighted by Crippen LogP contribution is -2.21. The van der Waals surface area contributed by atoms with Gasteiger partial charge in [-0.2, -0.15) is 0 Å². The summed E-state index contributed by atoms with van der Waals surface area (Å²) in [5, 5.41) is 14.2. The molecule has 2 aromatic rings. The smallest absolute Gasteiger partial charge is 0.360 e. The minimum atomic E-state index is -1.22. The molecule has 6 nitrogen and oxygen atoms in total. The van der Waals surface area contributed by atoms with E-state index in [-0.39, 0.29) is 18.1 Å². The van der Waals surface area contributed by atoms with Gasteiger partial charge >= 0.3 is 5.97 Å². The predicted octanol–water partition coefficient (Wildman–Crippen LogP) is 2.70. The van der Waals surface area contributed by atoms with Crippen LogP contribution in [0.4, 0.5) is 0 Å². The molecule has 0 aliphatic rings. The van der Waals surface area contributed by atoms with E-state index in [4.69, 9.17) is 14.0 Å².